The van der Waals surface area contributed by atoms with Crippen LogP contribution in [0.5, 0.6) is 0 Å². The molecule has 35 heavy (non-hydrogen) atoms. The zero-order chi connectivity index (χ0) is 25.0. The Morgan fingerprint density at radius 1 is 1.09 bits per heavy atom. The molecule has 1 fully saturated rings. The number of hydrogen-bond donors (Lipinski definition) is 2. The second-order valence-corrected chi connectivity index (χ2v) is 10.7. The van der Waals surface area contributed by atoms with Gasteiger partial charge in [0.15, 0.2) is 0 Å². The van der Waals surface area contributed by atoms with Crippen molar-refractivity contribution in [3.05, 3.63) is 70.5 Å². The third-order valence-electron chi connectivity index (χ3n) is 6.54. The second kappa shape index (κ2) is 8.09. The summed E-state index contributed by atoms with van der Waals surface area (Å²) >= 11 is 0. The Labute approximate surface area is 201 Å². The van der Waals surface area contributed by atoms with Gasteiger partial charge in [-0.15, -0.1) is 0 Å². The van der Waals surface area contributed by atoms with Crippen LogP contribution in [-0.2, 0) is 22.4 Å². The Bertz CT molecular complexity index is 1620. The highest BCUT2D eigenvalue weighted by atomic mass is 32.2. The van der Waals surface area contributed by atoms with Gasteiger partial charge in [-0.1, -0.05) is 54.6 Å². The SMILES string of the molecule is Cn1c(S(C)(=O)=O)nc2oc(-c3ccc(C4(NC(=O)O)CCC4)cc3)c(-c3ccccc3)c2c1=O. The molecule has 5 rings (SSSR count). The minimum absolute atomic E-state index is 0.0607. The van der Waals surface area contributed by atoms with Crippen molar-refractivity contribution in [2.45, 2.75) is 30.0 Å². The Kier molecular flexibility index (Phi) is 5.28. The van der Waals surface area contributed by atoms with Gasteiger partial charge in [-0.3, -0.25) is 9.36 Å². The number of hydrogen-bond acceptors (Lipinski definition) is 6. The fraction of sp³-hybridized carbons (Fsp3) is 0.240. The van der Waals surface area contributed by atoms with Crippen molar-refractivity contribution in [1.82, 2.24) is 14.9 Å². The van der Waals surface area contributed by atoms with Gasteiger partial charge in [0.05, 0.1) is 5.54 Å². The van der Waals surface area contributed by atoms with Gasteiger partial charge in [-0.05, 0) is 30.4 Å². The van der Waals surface area contributed by atoms with Crippen molar-refractivity contribution >= 4 is 27.0 Å². The average Bonchev–Trinajstić information content (AvgIpc) is 3.18. The molecule has 0 spiro atoms. The molecule has 2 N–H and O–H groups in total. The number of nitrogens with zero attached hydrogens (tertiary/aromatic N) is 2. The van der Waals surface area contributed by atoms with Crippen molar-refractivity contribution < 1.29 is 22.7 Å². The third kappa shape index (κ3) is 3.79. The molecule has 1 amide bonds. The summed E-state index contributed by atoms with van der Waals surface area (Å²) in [6.45, 7) is 0. The summed E-state index contributed by atoms with van der Waals surface area (Å²) in [5, 5.41) is 11.7. The first kappa shape index (κ1) is 22.9. The molecular formula is C25H23N3O6S. The number of carboxylic acid groups (broad SMARTS) is 1. The maximum Gasteiger partial charge on any atom is 0.405 e. The van der Waals surface area contributed by atoms with E-state index < -0.39 is 27.0 Å². The molecule has 180 valence electrons. The summed E-state index contributed by atoms with van der Waals surface area (Å²) < 4.78 is 31.5. The Morgan fingerprint density at radius 3 is 2.29 bits per heavy atom. The zero-order valence-electron chi connectivity index (χ0n) is 19.1. The number of nitrogens with one attached hydrogen (secondary N) is 1. The topological polar surface area (TPSA) is 132 Å². The normalized spacial score (nSPS) is 15.0. The molecule has 2 heterocycles. The van der Waals surface area contributed by atoms with Crippen LogP contribution in [0, 0.1) is 0 Å². The van der Waals surface area contributed by atoms with E-state index in [9.17, 15) is 23.1 Å². The van der Waals surface area contributed by atoms with Crippen molar-refractivity contribution in [3.8, 4) is 22.5 Å². The first-order valence-electron chi connectivity index (χ1n) is 11.0. The number of amides is 1. The Hall–Kier alpha value is -3.92. The van der Waals surface area contributed by atoms with Crippen molar-refractivity contribution in [3.63, 3.8) is 0 Å². The highest BCUT2D eigenvalue weighted by molar-refractivity contribution is 7.90. The third-order valence-corrected chi connectivity index (χ3v) is 7.57. The Morgan fingerprint density at radius 2 is 1.74 bits per heavy atom. The van der Waals surface area contributed by atoms with Gasteiger partial charge in [0.25, 0.3) is 5.56 Å². The van der Waals surface area contributed by atoms with Crippen LogP contribution >= 0.6 is 0 Å². The predicted molar refractivity (Wildman–Crippen MR) is 130 cm³/mol. The van der Waals surface area contributed by atoms with Gasteiger partial charge in [0, 0.05) is 24.4 Å². The molecule has 0 aliphatic heterocycles. The van der Waals surface area contributed by atoms with Crippen LogP contribution in [-0.4, -0.2) is 35.4 Å². The van der Waals surface area contributed by atoms with Crippen LogP contribution in [0.25, 0.3) is 33.6 Å². The standard InChI is InChI=1S/C25H23N3O6S/c1-28-22(29)19-18(15-7-4-3-5-8-15)20(34-21(19)26-23(28)35(2,32)33)16-9-11-17(12-10-16)25(13-6-14-25)27-24(30)31/h3-5,7-12,27H,6,13-14H2,1-2H3,(H,30,31). The quantitative estimate of drug-likeness (QED) is 0.403. The minimum atomic E-state index is -3.77. The average molecular weight is 494 g/mol. The van der Waals surface area contributed by atoms with Crippen LogP contribution in [0.4, 0.5) is 4.79 Å². The molecule has 1 saturated carbocycles. The van der Waals surface area contributed by atoms with E-state index in [0.717, 1.165) is 28.4 Å². The van der Waals surface area contributed by atoms with Gasteiger partial charge in [0.1, 0.15) is 11.1 Å². The first-order valence-corrected chi connectivity index (χ1v) is 12.9. The molecule has 0 saturated heterocycles. The molecular weight excluding hydrogens is 470 g/mol. The molecule has 9 nitrogen and oxygen atoms in total. The lowest BCUT2D eigenvalue weighted by atomic mass is 9.72. The summed E-state index contributed by atoms with van der Waals surface area (Å²) in [6, 6.07) is 16.5. The van der Waals surface area contributed by atoms with Crippen molar-refractivity contribution in [1.29, 1.82) is 0 Å². The molecule has 2 aromatic carbocycles. The predicted octanol–water partition coefficient (Wildman–Crippen LogP) is 3.91. The summed E-state index contributed by atoms with van der Waals surface area (Å²) in [4.78, 5) is 28.8. The molecule has 4 aromatic rings. The Balaban J connectivity index is 1.73. The van der Waals surface area contributed by atoms with Crippen molar-refractivity contribution in [2.75, 3.05) is 6.26 Å². The van der Waals surface area contributed by atoms with E-state index in [0.29, 0.717) is 29.7 Å². The van der Waals surface area contributed by atoms with E-state index in [4.69, 9.17) is 4.42 Å². The van der Waals surface area contributed by atoms with Crippen LogP contribution in [0.2, 0.25) is 0 Å². The first-order chi connectivity index (χ1) is 16.6. The van der Waals surface area contributed by atoms with E-state index in [1.807, 2.05) is 54.6 Å². The molecule has 0 bridgehead atoms. The highest BCUT2D eigenvalue weighted by Gasteiger charge is 2.40. The van der Waals surface area contributed by atoms with Crippen molar-refractivity contribution in [2.24, 2.45) is 7.05 Å². The number of benzene rings is 2. The highest BCUT2D eigenvalue weighted by Crippen LogP contribution is 2.43. The maximum absolute atomic E-state index is 13.3. The van der Waals surface area contributed by atoms with Crippen LogP contribution in [0.15, 0.2) is 69.0 Å². The van der Waals surface area contributed by atoms with Gasteiger partial charge >= 0.3 is 6.09 Å². The smallest absolute Gasteiger partial charge is 0.405 e. The molecule has 1 aliphatic carbocycles. The fourth-order valence-corrected chi connectivity index (χ4v) is 5.52. The summed E-state index contributed by atoms with van der Waals surface area (Å²) in [5.41, 5.74) is 1.54. The van der Waals surface area contributed by atoms with Gasteiger partial charge < -0.3 is 14.8 Å². The van der Waals surface area contributed by atoms with E-state index >= 15 is 0 Å². The minimum Gasteiger partial charge on any atom is -0.465 e. The monoisotopic (exact) mass is 493 g/mol. The number of furan rings is 1. The molecule has 0 unspecified atom stereocenters. The van der Waals surface area contributed by atoms with Crippen LogP contribution < -0.4 is 10.9 Å². The lowest BCUT2D eigenvalue weighted by Crippen LogP contribution is -2.50. The molecule has 0 atom stereocenters. The van der Waals surface area contributed by atoms with Gasteiger partial charge in [0.2, 0.25) is 20.7 Å². The van der Waals surface area contributed by atoms with Crippen LogP contribution in [0.1, 0.15) is 24.8 Å². The molecule has 0 radical (unpaired) electrons. The number of rotatable bonds is 5. The molecule has 10 heteroatoms. The zero-order valence-corrected chi connectivity index (χ0v) is 19.9. The van der Waals surface area contributed by atoms with Crippen LogP contribution in [0.3, 0.4) is 0 Å². The summed E-state index contributed by atoms with van der Waals surface area (Å²) in [7, 11) is -2.40. The summed E-state index contributed by atoms with van der Waals surface area (Å²) in [5.74, 6) is 0.377. The lowest BCUT2D eigenvalue weighted by Gasteiger charge is -2.42. The van der Waals surface area contributed by atoms with E-state index in [1.54, 1.807) is 0 Å². The van der Waals surface area contributed by atoms with E-state index in [1.165, 1.54) is 7.05 Å². The fourth-order valence-electron chi connectivity index (χ4n) is 4.69. The molecule has 1 aliphatic rings. The number of sulfone groups is 1. The van der Waals surface area contributed by atoms with Gasteiger partial charge in [-0.25, -0.2) is 13.2 Å². The summed E-state index contributed by atoms with van der Waals surface area (Å²) in [6.07, 6.45) is 2.28. The largest absolute Gasteiger partial charge is 0.465 e. The maximum atomic E-state index is 13.3. The molecule has 2 aromatic heterocycles. The number of aromatic nitrogens is 2. The number of carbonyl (C=O) groups is 1. The van der Waals surface area contributed by atoms with Gasteiger partial charge in [-0.2, -0.15) is 4.98 Å². The second-order valence-electron chi connectivity index (χ2n) is 8.83. The van der Waals surface area contributed by atoms with E-state index in [-0.39, 0.29) is 16.3 Å². The number of fused-ring (bicyclic) bond motifs is 1. The lowest BCUT2D eigenvalue weighted by molar-refractivity contribution is 0.144. The van der Waals surface area contributed by atoms with E-state index in [2.05, 4.69) is 10.3 Å².